The van der Waals surface area contributed by atoms with Gasteiger partial charge in [-0.3, -0.25) is 0 Å². The highest BCUT2D eigenvalue weighted by atomic mass is 127. The van der Waals surface area contributed by atoms with Gasteiger partial charge in [0, 0.05) is 38.9 Å². The van der Waals surface area contributed by atoms with Crippen LogP contribution in [0.3, 0.4) is 0 Å². The zero-order valence-electron chi connectivity index (χ0n) is 15.0. The van der Waals surface area contributed by atoms with E-state index in [9.17, 15) is 8.42 Å². The summed E-state index contributed by atoms with van der Waals surface area (Å²) in [4.78, 5) is 11.5. The summed E-state index contributed by atoms with van der Waals surface area (Å²) < 4.78 is 28.3. The molecule has 3 heterocycles. The number of hydrogen-bond acceptors (Lipinski definition) is 6. The van der Waals surface area contributed by atoms with E-state index in [4.69, 9.17) is 4.98 Å². The van der Waals surface area contributed by atoms with Crippen molar-refractivity contribution in [3.63, 3.8) is 0 Å². The first-order valence-electron chi connectivity index (χ1n) is 8.90. The first-order valence-corrected chi connectivity index (χ1v) is 11.8. The van der Waals surface area contributed by atoms with Gasteiger partial charge in [-0.1, -0.05) is 19.3 Å². The van der Waals surface area contributed by atoms with E-state index in [1.54, 1.807) is 8.99 Å². The molecule has 1 aliphatic carbocycles. The van der Waals surface area contributed by atoms with Gasteiger partial charge < -0.3 is 4.90 Å². The number of halogens is 1. The summed E-state index contributed by atoms with van der Waals surface area (Å²) >= 11 is 2.19. The second-order valence-corrected chi connectivity index (χ2v) is 10.3. The fraction of sp³-hybridized carbons (Fsp3) is 0.688. The Morgan fingerprint density at radius 1 is 1.31 bits per heavy atom. The molecule has 8 nitrogen and oxygen atoms in total. The normalized spacial score (nSPS) is 22.7. The lowest BCUT2D eigenvalue weighted by molar-refractivity contribution is 0.235. The van der Waals surface area contributed by atoms with Crippen LogP contribution >= 0.6 is 22.6 Å². The molecule has 2 aliphatic rings. The van der Waals surface area contributed by atoms with Gasteiger partial charge in [-0.05, 0) is 34.9 Å². The number of fused-ring (bicyclic) bond motifs is 1. The highest BCUT2D eigenvalue weighted by Crippen LogP contribution is 2.34. The van der Waals surface area contributed by atoms with E-state index in [0.717, 1.165) is 21.2 Å². The van der Waals surface area contributed by atoms with E-state index < -0.39 is 10.0 Å². The molecule has 0 N–H and O–H groups in total. The fourth-order valence-electron chi connectivity index (χ4n) is 3.83. The number of aromatic nitrogens is 4. The summed E-state index contributed by atoms with van der Waals surface area (Å²) in [5.41, 5.74) is 0.812. The number of piperazine rings is 1. The van der Waals surface area contributed by atoms with Crippen LogP contribution in [0.5, 0.6) is 0 Å². The van der Waals surface area contributed by atoms with Crippen molar-refractivity contribution in [2.24, 2.45) is 13.0 Å². The maximum absolute atomic E-state index is 12.0. The summed E-state index contributed by atoms with van der Waals surface area (Å²) in [7, 11) is -1.29. The molecule has 142 valence electrons. The Labute approximate surface area is 167 Å². The molecule has 1 unspecified atom stereocenters. The van der Waals surface area contributed by atoms with E-state index in [-0.39, 0.29) is 6.04 Å². The minimum absolute atomic E-state index is 0.119. The average molecular weight is 490 g/mol. The van der Waals surface area contributed by atoms with Gasteiger partial charge in [0.2, 0.25) is 16.0 Å². The minimum atomic E-state index is -3.18. The molecule has 2 aromatic rings. The lowest BCUT2D eigenvalue weighted by Crippen LogP contribution is -2.55. The number of sulfonamides is 1. The SMILES string of the molecule is Cn1nc(I)c2cnc(N3CCN(S(C)(=O)=O)CC3CC3CCC3)nc21. The van der Waals surface area contributed by atoms with E-state index >= 15 is 0 Å². The standard InChI is InChI=1S/C16H23IN6O2S/c1-21-15-13(14(17)20-21)9-18-16(19-15)23-7-6-22(26(2,24)25)10-12(23)8-11-4-3-5-11/h9,11-12H,3-8,10H2,1-2H3. The Kier molecular flexibility index (Phi) is 4.84. The monoisotopic (exact) mass is 490 g/mol. The Balaban J connectivity index is 1.65. The van der Waals surface area contributed by atoms with Crippen molar-refractivity contribution in [3.8, 4) is 0 Å². The Bertz CT molecular complexity index is 926. The van der Waals surface area contributed by atoms with Crippen molar-refractivity contribution in [1.29, 1.82) is 0 Å². The van der Waals surface area contributed by atoms with Crippen LogP contribution in [-0.4, -0.2) is 64.4 Å². The van der Waals surface area contributed by atoms with Gasteiger partial charge in [-0.15, -0.1) is 0 Å². The number of rotatable bonds is 4. The van der Waals surface area contributed by atoms with Gasteiger partial charge in [0.15, 0.2) is 5.65 Å². The molecular weight excluding hydrogens is 467 g/mol. The molecule has 2 aromatic heterocycles. The van der Waals surface area contributed by atoms with Crippen LogP contribution in [0.15, 0.2) is 6.20 Å². The predicted molar refractivity (Wildman–Crippen MR) is 109 cm³/mol. The molecule has 0 bridgehead atoms. The number of anilines is 1. The van der Waals surface area contributed by atoms with Crippen LogP contribution in [0.1, 0.15) is 25.7 Å². The second kappa shape index (κ2) is 6.86. The van der Waals surface area contributed by atoms with E-state index in [2.05, 4.69) is 37.6 Å². The van der Waals surface area contributed by atoms with Crippen molar-refractivity contribution in [3.05, 3.63) is 9.90 Å². The van der Waals surface area contributed by atoms with Crippen molar-refractivity contribution in [1.82, 2.24) is 24.1 Å². The highest BCUT2D eigenvalue weighted by molar-refractivity contribution is 14.1. The van der Waals surface area contributed by atoms with Gasteiger partial charge in [-0.2, -0.15) is 14.4 Å². The molecule has 1 atom stereocenters. The van der Waals surface area contributed by atoms with Crippen molar-refractivity contribution >= 4 is 49.6 Å². The lowest BCUT2D eigenvalue weighted by atomic mass is 9.80. The predicted octanol–water partition coefficient (Wildman–Crippen LogP) is 1.61. The molecule has 0 aromatic carbocycles. The molecule has 1 saturated carbocycles. The van der Waals surface area contributed by atoms with Gasteiger partial charge in [0.1, 0.15) is 3.70 Å². The Morgan fingerprint density at radius 2 is 2.08 bits per heavy atom. The summed E-state index contributed by atoms with van der Waals surface area (Å²) in [6.45, 7) is 1.61. The van der Waals surface area contributed by atoms with Crippen LogP contribution < -0.4 is 4.90 Å². The van der Waals surface area contributed by atoms with Gasteiger partial charge in [0.25, 0.3) is 0 Å². The summed E-state index contributed by atoms with van der Waals surface area (Å²) in [6, 6.07) is 0.119. The van der Waals surface area contributed by atoms with Crippen LogP contribution in [0.2, 0.25) is 0 Å². The maximum atomic E-state index is 12.0. The van der Waals surface area contributed by atoms with Gasteiger partial charge >= 0.3 is 0 Å². The molecule has 1 aliphatic heterocycles. The van der Waals surface area contributed by atoms with Crippen LogP contribution in [0.25, 0.3) is 11.0 Å². The highest BCUT2D eigenvalue weighted by Gasteiger charge is 2.35. The van der Waals surface area contributed by atoms with E-state index in [1.807, 2.05) is 13.2 Å². The molecule has 0 spiro atoms. The molecule has 0 amide bonds. The minimum Gasteiger partial charge on any atom is -0.335 e. The van der Waals surface area contributed by atoms with Gasteiger partial charge in [0.05, 0.1) is 11.6 Å². The summed E-state index contributed by atoms with van der Waals surface area (Å²) in [5, 5.41) is 5.35. The van der Waals surface area contributed by atoms with E-state index in [0.29, 0.717) is 31.5 Å². The van der Waals surface area contributed by atoms with Crippen molar-refractivity contribution in [2.45, 2.75) is 31.7 Å². The Morgan fingerprint density at radius 3 is 2.73 bits per heavy atom. The average Bonchev–Trinajstić information content (AvgIpc) is 2.84. The van der Waals surface area contributed by atoms with Crippen molar-refractivity contribution in [2.75, 3.05) is 30.8 Å². The number of aryl methyl sites for hydroxylation is 1. The summed E-state index contributed by atoms with van der Waals surface area (Å²) in [5.74, 6) is 1.36. The molecule has 1 saturated heterocycles. The largest absolute Gasteiger partial charge is 0.335 e. The number of hydrogen-bond donors (Lipinski definition) is 0. The zero-order chi connectivity index (χ0) is 18.5. The molecular formula is C16H23IN6O2S. The third kappa shape index (κ3) is 3.42. The van der Waals surface area contributed by atoms with Crippen LogP contribution in [-0.2, 0) is 17.1 Å². The summed E-state index contributed by atoms with van der Waals surface area (Å²) in [6.07, 6.45) is 7.88. The fourth-order valence-corrected chi connectivity index (χ4v) is 5.39. The Hall–Kier alpha value is -1.01. The zero-order valence-corrected chi connectivity index (χ0v) is 17.9. The third-order valence-corrected chi connectivity index (χ3v) is 7.59. The lowest BCUT2D eigenvalue weighted by Gasteiger charge is -2.43. The smallest absolute Gasteiger partial charge is 0.227 e. The second-order valence-electron chi connectivity index (χ2n) is 7.32. The maximum Gasteiger partial charge on any atom is 0.227 e. The number of nitrogens with zero attached hydrogens (tertiary/aromatic N) is 6. The molecule has 10 heteroatoms. The first kappa shape index (κ1) is 18.4. The molecule has 0 radical (unpaired) electrons. The molecule has 4 rings (SSSR count). The molecule has 2 fully saturated rings. The van der Waals surface area contributed by atoms with E-state index in [1.165, 1.54) is 25.5 Å². The first-order chi connectivity index (χ1) is 12.3. The van der Waals surface area contributed by atoms with Crippen molar-refractivity contribution < 1.29 is 8.42 Å². The van der Waals surface area contributed by atoms with Gasteiger partial charge in [-0.25, -0.2) is 18.1 Å². The molecule has 26 heavy (non-hydrogen) atoms. The third-order valence-electron chi connectivity index (χ3n) is 5.52. The quantitative estimate of drug-likeness (QED) is 0.606. The van der Waals surface area contributed by atoms with Crippen LogP contribution in [0.4, 0.5) is 5.95 Å². The topological polar surface area (TPSA) is 84.2 Å². The van der Waals surface area contributed by atoms with Crippen LogP contribution in [0, 0.1) is 9.62 Å².